The second kappa shape index (κ2) is 10.1. The molecule has 0 bridgehead atoms. The van der Waals surface area contributed by atoms with Crippen LogP contribution in [0.2, 0.25) is 0 Å². The zero-order valence-electron chi connectivity index (χ0n) is 17.7. The van der Waals surface area contributed by atoms with Crippen molar-refractivity contribution in [1.82, 2.24) is 25.1 Å². The normalized spacial score (nSPS) is 10.4. The van der Waals surface area contributed by atoms with Crippen LogP contribution in [0, 0.1) is 0 Å². The van der Waals surface area contributed by atoms with E-state index in [0.717, 1.165) is 11.3 Å². The Kier molecular flexibility index (Phi) is 6.61. The van der Waals surface area contributed by atoms with Crippen molar-refractivity contribution < 1.29 is 14.2 Å². The predicted octanol–water partition coefficient (Wildman–Crippen LogP) is 3.55. The van der Waals surface area contributed by atoms with Crippen molar-refractivity contribution in [3.63, 3.8) is 0 Å². The second-order valence-electron chi connectivity index (χ2n) is 6.69. The van der Waals surface area contributed by atoms with Crippen molar-refractivity contribution in [1.29, 1.82) is 0 Å². The highest BCUT2D eigenvalue weighted by atomic mass is 16.5. The molecule has 1 aromatic carbocycles. The number of methoxy groups -OCH3 is 2. The first-order chi connectivity index (χ1) is 15.7. The van der Waals surface area contributed by atoms with Gasteiger partial charge in [-0.05, 0) is 35.9 Å². The lowest BCUT2D eigenvalue weighted by Gasteiger charge is -2.08. The number of benzene rings is 1. The number of nitrogens with zero attached hydrogens (tertiary/aromatic N) is 4. The number of aromatic amines is 1. The average molecular weight is 433 g/mol. The Labute approximate surface area is 185 Å². The van der Waals surface area contributed by atoms with Gasteiger partial charge >= 0.3 is 0 Å². The molecule has 3 N–H and O–H groups in total. The molecule has 0 fully saturated rings. The molecule has 0 amide bonds. The first kappa shape index (κ1) is 20.9. The molecule has 3 heterocycles. The Morgan fingerprint density at radius 2 is 1.78 bits per heavy atom. The van der Waals surface area contributed by atoms with E-state index in [2.05, 4.69) is 35.8 Å². The van der Waals surface area contributed by atoms with Crippen molar-refractivity contribution in [2.75, 3.05) is 24.9 Å². The van der Waals surface area contributed by atoms with E-state index in [1.165, 1.54) is 0 Å². The number of aromatic nitrogens is 5. The van der Waals surface area contributed by atoms with E-state index in [1.54, 1.807) is 44.8 Å². The lowest BCUT2D eigenvalue weighted by Crippen LogP contribution is -2.06. The van der Waals surface area contributed by atoms with Gasteiger partial charge < -0.3 is 24.8 Å². The van der Waals surface area contributed by atoms with E-state index < -0.39 is 0 Å². The third-order valence-corrected chi connectivity index (χ3v) is 4.42. The highest BCUT2D eigenvalue weighted by Gasteiger charge is 2.07. The van der Waals surface area contributed by atoms with Gasteiger partial charge in [0.15, 0.2) is 0 Å². The first-order valence-corrected chi connectivity index (χ1v) is 9.86. The molecular weight excluding hydrogens is 410 g/mol. The number of nitrogens with one attached hydrogen (secondary N) is 3. The summed E-state index contributed by atoms with van der Waals surface area (Å²) in [6.07, 6.45) is 3.42. The SMILES string of the molecule is COc1cc(COc2cc(Nc3ccnc(NCc4ccccn4)n3)[nH]n2)cc(OC)c1. The van der Waals surface area contributed by atoms with Crippen LogP contribution >= 0.6 is 0 Å². The molecule has 0 saturated carbocycles. The number of hydrogen-bond acceptors (Lipinski definition) is 9. The van der Waals surface area contributed by atoms with E-state index in [4.69, 9.17) is 14.2 Å². The summed E-state index contributed by atoms with van der Waals surface area (Å²) in [5, 5.41) is 13.4. The topological polar surface area (TPSA) is 119 Å². The summed E-state index contributed by atoms with van der Waals surface area (Å²) in [4.78, 5) is 12.9. The molecule has 0 aliphatic rings. The molecule has 0 atom stereocenters. The smallest absolute Gasteiger partial charge is 0.235 e. The van der Waals surface area contributed by atoms with Gasteiger partial charge in [0.25, 0.3) is 0 Å². The third kappa shape index (κ3) is 5.63. The number of pyridine rings is 1. The Balaban J connectivity index is 1.34. The Bertz CT molecular complexity index is 1130. The molecule has 4 rings (SSSR count). The number of ether oxygens (including phenoxy) is 3. The number of anilines is 3. The van der Waals surface area contributed by atoms with Crippen LogP contribution in [-0.2, 0) is 13.2 Å². The molecule has 10 heteroatoms. The summed E-state index contributed by atoms with van der Waals surface area (Å²) in [7, 11) is 3.22. The van der Waals surface area contributed by atoms with E-state index in [-0.39, 0.29) is 0 Å². The van der Waals surface area contributed by atoms with Crippen LogP contribution in [0.5, 0.6) is 17.4 Å². The van der Waals surface area contributed by atoms with E-state index in [1.807, 2.05) is 30.3 Å². The second-order valence-corrected chi connectivity index (χ2v) is 6.69. The Morgan fingerprint density at radius 1 is 0.938 bits per heavy atom. The fourth-order valence-corrected chi connectivity index (χ4v) is 2.87. The molecular formula is C22H23N7O3. The maximum atomic E-state index is 5.78. The Hall–Kier alpha value is -4.34. The molecule has 0 saturated heterocycles. The van der Waals surface area contributed by atoms with E-state index in [0.29, 0.717) is 48.1 Å². The molecule has 4 aromatic rings. The third-order valence-electron chi connectivity index (χ3n) is 4.42. The first-order valence-electron chi connectivity index (χ1n) is 9.86. The zero-order valence-corrected chi connectivity index (χ0v) is 17.7. The van der Waals surface area contributed by atoms with Crippen LogP contribution in [0.3, 0.4) is 0 Å². The van der Waals surface area contributed by atoms with Crippen molar-refractivity contribution in [2.24, 2.45) is 0 Å². The molecule has 32 heavy (non-hydrogen) atoms. The van der Waals surface area contributed by atoms with Gasteiger partial charge in [-0.2, -0.15) is 4.98 Å². The Morgan fingerprint density at radius 3 is 2.53 bits per heavy atom. The number of hydrogen-bond donors (Lipinski definition) is 3. The van der Waals surface area contributed by atoms with Crippen LogP contribution in [0.1, 0.15) is 11.3 Å². The summed E-state index contributed by atoms with van der Waals surface area (Å²) < 4.78 is 16.3. The lowest BCUT2D eigenvalue weighted by atomic mass is 10.2. The predicted molar refractivity (Wildman–Crippen MR) is 119 cm³/mol. The van der Waals surface area contributed by atoms with E-state index in [9.17, 15) is 0 Å². The van der Waals surface area contributed by atoms with Crippen molar-refractivity contribution in [2.45, 2.75) is 13.2 Å². The van der Waals surface area contributed by atoms with Crippen LogP contribution in [-0.4, -0.2) is 39.4 Å². The largest absolute Gasteiger partial charge is 0.497 e. The fourth-order valence-electron chi connectivity index (χ4n) is 2.87. The van der Waals surface area contributed by atoms with Gasteiger partial charge in [-0.25, -0.2) is 4.98 Å². The van der Waals surface area contributed by atoms with Crippen LogP contribution in [0.4, 0.5) is 17.6 Å². The summed E-state index contributed by atoms with van der Waals surface area (Å²) >= 11 is 0. The maximum absolute atomic E-state index is 5.78. The van der Waals surface area contributed by atoms with Crippen molar-refractivity contribution in [3.8, 4) is 17.4 Å². The van der Waals surface area contributed by atoms with Gasteiger partial charge in [-0.1, -0.05) is 6.07 Å². The lowest BCUT2D eigenvalue weighted by molar-refractivity contribution is 0.291. The fraction of sp³-hybridized carbons (Fsp3) is 0.182. The van der Waals surface area contributed by atoms with Crippen LogP contribution in [0.25, 0.3) is 0 Å². The molecule has 0 radical (unpaired) electrons. The van der Waals surface area contributed by atoms with Crippen molar-refractivity contribution >= 4 is 17.6 Å². The molecule has 0 aliphatic carbocycles. The highest BCUT2D eigenvalue weighted by molar-refractivity contribution is 5.53. The van der Waals surface area contributed by atoms with Gasteiger partial charge in [-0.3, -0.25) is 10.1 Å². The van der Waals surface area contributed by atoms with Gasteiger partial charge in [-0.15, -0.1) is 5.10 Å². The molecule has 3 aromatic heterocycles. The van der Waals surface area contributed by atoms with Crippen LogP contribution in [0.15, 0.2) is 60.9 Å². The van der Waals surface area contributed by atoms with Crippen molar-refractivity contribution in [3.05, 3.63) is 72.2 Å². The average Bonchev–Trinajstić information content (AvgIpc) is 3.29. The summed E-state index contributed by atoms with van der Waals surface area (Å²) in [5.41, 5.74) is 1.80. The van der Waals surface area contributed by atoms with Gasteiger partial charge in [0.1, 0.15) is 29.7 Å². The van der Waals surface area contributed by atoms with E-state index >= 15 is 0 Å². The number of rotatable bonds is 10. The van der Waals surface area contributed by atoms with Gasteiger partial charge in [0, 0.05) is 24.5 Å². The molecule has 0 aliphatic heterocycles. The summed E-state index contributed by atoms with van der Waals surface area (Å²) in [6, 6.07) is 14.8. The minimum absolute atomic E-state index is 0.312. The molecule has 10 nitrogen and oxygen atoms in total. The molecule has 0 unspecified atom stereocenters. The van der Waals surface area contributed by atoms with Crippen LogP contribution < -0.4 is 24.8 Å². The minimum atomic E-state index is 0.312. The monoisotopic (exact) mass is 433 g/mol. The van der Waals surface area contributed by atoms with Gasteiger partial charge in [0.2, 0.25) is 11.8 Å². The zero-order chi connectivity index (χ0) is 22.2. The summed E-state index contributed by atoms with van der Waals surface area (Å²) in [6.45, 7) is 0.842. The molecule has 164 valence electrons. The molecule has 0 spiro atoms. The van der Waals surface area contributed by atoms with Gasteiger partial charge in [0.05, 0.1) is 26.5 Å². The quantitative estimate of drug-likeness (QED) is 0.345. The summed E-state index contributed by atoms with van der Waals surface area (Å²) in [5.74, 6) is 3.57. The standard InChI is InChI=1S/C22H23N7O3/c1-30-17-9-15(10-18(11-17)31-2)14-32-21-12-20(28-29-21)26-19-6-8-24-22(27-19)25-13-16-5-3-4-7-23-16/h3-12H,13-14H2,1-2H3,(H3,24,25,26,27,28,29). The number of H-pyrrole nitrogens is 1. The maximum Gasteiger partial charge on any atom is 0.235 e. The highest BCUT2D eigenvalue weighted by Crippen LogP contribution is 2.24. The minimum Gasteiger partial charge on any atom is -0.497 e.